The Morgan fingerprint density at radius 3 is 2.45 bits per heavy atom. The molecule has 0 bridgehead atoms. The number of carbonyl (C=O) groups excluding carboxylic acids is 1. The van der Waals surface area contributed by atoms with E-state index >= 15 is 0 Å². The molecule has 0 aliphatic heterocycles. The van der Waals surface area contributed by atoms with E-state index < -0.39 is 23.3 Å². The Balaban J connectivity index is 2.21. The number of hydrogen-bond acceptors (Lipinski definition) is 3. The summed E-state index contributed by atoms with van der Waals surface area (Å²) in [4.78, 5) is 12.5. The van der Waals surface area contributed by atoms with Crippen molar-refractivity contribution in [3.05, 3.63) is 41.5 Å². The number of aryl methyl sites for hydroxylation is 1. The molecule has 2 rings (SSSR count). The Labute approximate surface area is 131 Å². The van der Waals surface area contributed by atoms with Gasteiger partial charge in [-0.1, -0.05) is 6.07 Å². The molecule has 3 nitrogen and oxygen atoms in total. The van der Waals surface area contributed by atoms with E-state index in [0.29, 0.717) is 10.6 Å². The summed E-state index contributed by atoms with van der Waals surface area (Å²) < 4.78 is 31.5. The molecule has 22 heavy (non-hydrogen) atoms. The van der Waals surface area contributed by atoms with Gasteiger partial charge in [0, 0.05) is 4.88 Å². The second-order valence-corrected chi connectivity index (χ2v) is 6.93. The summed E-state index contributed by atoms with van der Waals surface area (Å²) in [5, 5.41) is 3.29. The summed E-state index contributed by atoms with van der Waals surface area (Å²) in [6, 6.07) is 5.53. The third-order valence-electron chi connectivity index (χ3n) is 2.74. The fourth-order valence-electron chi connectivity index (χ4n) is 1.79. The molecule has 0 unspecified atom stereocenters. The van der Waals surface area contributed by atoms with Crippen molar-refractivity contribution in [1.82, 2.24) is 0 Å². The summed E-state index contributed by atoms with van der Waals surface area (Å²) in [5.41, 5.74) is 0.804. The van der Waals surface area contributed by atoms with E-state index in [4.69, 9.17) is 4.74 Å². The quantitative estimate of drug-likeness (QED) is 0.808. The number of halogens is 2. The number of anilines is 1. The largest absolute Gasteiger partial charge is 0.444 e. The molecule has 0 aliphatic carbocycles. The number of rotatable bonds is 2. The van der Waals surface area contributed by atoms with E-state index in [2.05, 4.69) is 5.32 Å². The summed E-state index contributed by atoms with van der Waals surface area (Å²) in [7, 11) is 0. The monoisotopic (exact) mass is 325 g/mol. The van der Waals surface area contributed by atoms with Gasteiger partial charge in [0.2, 0.25) is 0 Å². The van der Waals surface area contributed by atoms with Crippen LogP contribution in [0, 0.1) is 18.6 Å². The van der Waals surface area contributed by atoms with Crippen LogP contribution in [-0.2, 0) is 4.74 Å². The Hall–Kier alpha value is -1.95. The average molecular weight is 325 g/mol. The molecule has 0 fully saturated rings. The zero-order valence-corrected chi connectivity index (χ0v) is 13.6. The van der Waals surface area contributed by atoms with Gasteiger partial charge in [-0.15, -0.1) is 11.3 Å². The van der Waals surface area contributed by atoms with Gasteiger partial charge in [0.05, 0.1) is 0 Å². The molecule has 0 radical (unpaired) electrons. The standard InChI is InChI=1S/C16H17F2NO2S/c1-9-7-13(10-5-6-11(17)12(18)8-10)22-14(9)19-15(20)21-16(2,3)4/h5-8H,1-4H3,(H,19,20). The predicted molar refractivity (Wildman–Crippen MR) is 84.3 cm³/mol. The van der Waals surface area contributed by atoms with Gasteiger partial charge in [-0.25, -0.2) is 13.6 Å². The molecule has 0 aliphatic rings. The minimum absolute atomic E-state index is 0.547. The first-order valence-electron chi connectivity index (χ1n) is 6.71. The van der Waals surface area contributed by atoms with Crippen molar-refractivity contribution in [2.75, 3.05) is 5.32 Å². The number of ether oxygens (including phenoxy) is 1. The van der Waals surface area contributed by atoms with Crippen molar-refractivity contribution in [2.24, 2.45) is 0 Å². The average Bonchev–Trinajstić information content (AvgIpc) is 2.72. The summed E-state index contributed by atoms with van der Waals surface area (Å²) in [6.07, 6.45) is -0.547. The molecule has 1 aromatic carbocycles. The van der Waals surface area contributed by atoms with Gasteiger partial charge >= 0.3 is 6.09 Å². The molecule has 0 saturated carbocycles. The fourth-order valence-corrected chi connectivity index (χ4v) is 2.85. The van der Waals surface area contributed by atoms with Crippen LogP contribution < -0.4 is 5.32 Å². The van der Waals surface area contributed by atoms with Crippen molar-refractivity contribution in [3.8, 4) is 10.4 Å². The van der Waals surface area contributed by atoms with E-state index in [1.54, 1.807) is 20.8 Å². The maximum absolute atomic E-state index is 13.3. The lowest BCUT2D eigenvalue weighted by Crippen LogP contribution is -2.27. The van der Waals surface area contributed by atoms with Gasteiger partial charge < -0.3 is 4.74 Å². The topological polar surface area (TPSA) is 38.3 Å². The van der Waals surface area contributed by atoms with Crippen molar-refractivity contribution in [2.45, 2.75) is 33.3 Å². The molecule has 118 valence electrons. The second kappa shape index (κ2) is 6.04. The Kier molecular flexibility index (Phi) is 4.51. The van der Waals surface area contributed by atoms with E-state index in [9.17, 15) is 13.6 Å². The van der Waals surface area contributed by atoms with Crippen molar-refractivity contribution >= 4 is 22.4 Å². The van der Waals surface area contributed by atoms with Crippen LogP contribution in [0.1, 0.15) is 26.3 Å². The molecular formula is C16H17F2NO2S. The van der Waals surface area contributed by atoms with Gasteiger partial charge in [-0.2, -0.15) is 0 Å². The van der Waals surface area contributed by atoms with E-state index in [0.717, 1.165) is 22.6 Å². The molecule has 1 heterocycles. The molecule has 1 aromatic heterocycles. The maximum Gasteiger partial charge on any atom is 0.412 e. The smallest absolute Gasteiger partial charge is 0.412 e. The van der Waals surface area contributed by atoms with Crippen molar-refractivity contribution < 1.29 is 18.3 Å². The van der Waals surface area contributed by atoms with Crippen LogP contribution in [0.4, 0.5) is 18.6 Å². The number of carbonyl (C=O) groups is 1. The Bertz CT molecular complexity index is 705. The number of nitrogens with one attached hydrogen (secondary N) is 1. The minimum atomic E-state index is -0.898. The highest BCUT2D eigenvalue weighted by Crippen LogP contribution is 2.35. The lowest BCUT2D eigenvalue weighted by Gasteiger charge is -2.19. The van der Waals surface area contributed by atoms with E-state index in [1.807, 2.05) is 13.0 Å². The van der Waals surface area contributed by atoms with Crippen molar-refractivity contribution in [3.63, 3.8) is 0 Å². The number of amides is 1. The summed E-state index contributed by atoms with van der Waals surface area (Å²) >= 11 is 1.28. The number of benzene rings is 1. The Morgan fingerprint density at radius 1 is 1.18 bits per heavy atom. The number of hydrogen-bond donors (Lipinski definition) is 1. The van der Waals surface area contributed by atoms with E-state index in [1.165, 1.54) is 17.4 Å². The summed E-state index contributed by atoms with van der Waals surface area (Å²) in [6.45, 7) is 7.16. The van der Waals surface area contributed by atoms with Crippen LogP contribution in [0.2, 0.25) is 0 Å². The predicted octanol–water partition coefficient (Wildman–Crippen LogP) is 5.35. The maximum atomic E-state index is 13.3. The molecule has 6 heteroatoms. The minimum Gasteiger partial charge on any atom is -0.444 e. The Morgan fingerprint density at radius 2 is 1.86 bits per heavy atom. The molecule has 1 amide bonds. The van der Waals surface area contributed by atoms with Gasteiger partial charge in [-0.05, 0) is 57.0 Å². The molecule has 2 aromatic rings. The van der Waals surface area contributed by atoms with Crippen LogP contribution in [0.5, 0.6) is 0 Å². The highest BCUT2D eigenvalue weighted by Gasteiger charge is 2.18. The molecule has 0 saturated heterocycles. The van der Waals surface area contributed by atoms with Crippen molar-refractivity contribution in [1.29, 1.82) is 0 Å². The molecule has 0 atom stereocenters. The fraction of sp³-hybridized carbons (Fsp3) is 0.312. The normalized spacial score (nSPS) is 11.4. The lowest BCUT2D eigenvalue weighted by atomic mass is 10.1. The highest BCUT2D eigenvalue weighted by atomic mass is 32.1. The van der Waals surface area contributed by atoms with Gasteiger partial charge in [0.15, 0.2) is 11.6 Å². The third-order valence-corrected chi connectivity index (χ3v) is 3.94. The number of thiophene rings is 1. The van der Waals surface area contributed by atoms with Crippen LogP contribution in [-0.4, -0.2) is 11.7 Å². The molecule has 0 spiro atoms. The lowest BCUT2D eigenvalue weighted by molar-refractivity contribution is 0.0636. The zero-order valence-electron chi connectivity index (χ0n) is 12.8. The van der Waals surface area contributed by atoms with Gasteiger partial charge in [0.25, 0.3) is 0 Å². The van der Waals surface area contributed by atoms with E-state index in [-0.39, 0.29) is 0 Å². The summed E-state index contributed by atoms with van der Waals surface area (Å²) in [5.74, 6) is -1.78. The van der Waals surface area contributed by atoms with Crippen LogP contribution in [0.3, 0.4) is 0 Å². The first kappa shape index (κ1) is 16.4. The SMILES string of the molecule is Cc1cc(-c2ccc(F)c(F)c2)sc1NC(=O)OC(C)(C)C. The van der Waals surface area contributed by atoms with Crippen LogP contribution in [0.15, 0.2) is 24.3 Å². The van der Waals surface area contributed by atoms with Gasteiger partial charge in [-0.3, -0.25) is 5.32 Å². The second-order valence-electron chi connectivity index (χ2n) is 5.88. The first-order valence-corrected chi connectivity index (χ1v) is 7.53. The third kappa shape index (κ3) is 4.04. The molecule has 1 N–H and O–H groups in total. The first-order chi connectivity index (χ1) is 10.2. The van der Waals surface area contributed by atoms with Crippen LogP contribution >= 0.6 is 11.3 Å². The highest BCUT2D eigenvalue weighted by molar-refractivity contribution is 7.19. The van der Waals surface area contributed by atoms with Gasteiger partial charge in [0.1, 0.15) is 10.6 Å². The molecular weight excluding hydrogens is 308 g/mol. The zero-order chi connectivity index (χ0) is 16.5. The van der Waals surface area contributed by atoms with Crippen LogP contribution in [0.25, 0.3) is 10.4 Å².